The molecular formula is C22H18ClN3O3. The number of amides is 1. The first-order chi connectivity index (χ1) is 14.1. The molecule has 0 aliphatic heterocycles. The molecule has 7 heteroatoms. The topological polar surface area (TPSA) is 77.2 Å². The fourth-order valence-electron chi connectivity index (χ4n) is 2.77. The van der Waals surface area contributed by atoms with Gasteiger partial charge in [0.05, 0.1) is 0 Å². The number of carbonyl (C=O) groups is 1. The summed E-state index contributed by atoms with van der Waals surface area (Å²) in [6, 6.07) is 16.6. The molecule has 2 aromatic carbocycles. The van der Waals surface area contributed by atoms with Gasteiger partial charge in [-0.05, 0) is 60.5 Å². The fraction of sp³-hybridized carbons (Fsp3) is 0.136. The first-order valence-electron chi connectivity index (χ1n) is 9.05. The highest BCUT2D eigenvalue weighted by Crippen LogP contribution is 2.23. The Labute approximate surface area is 172 Å². The number of aryl methyl sites for hydroxylation is 1. The maximum Gasteiger partial charge on any atom is 0.258 e. The molecule has 4 aromatic rings. The zero-order valence-corrected chi connectivity index (χ0v) is 16.4. The summed E-state index contributed by atoms with van der Waals surface area (Å²) in [6.45, 7) is 2.22. The van der Waals surface area contributed by atoms with Gasteiger partial charge in [0.15, 0.2) is 17.8 Å². The third-order valence-electron chi connectivity index (χ3n) is 4.35. The molecular weight excluding hydrogens is 390 g/mol. The van der Waals surface area contributed by atoms with Crippen LogP contribution in [-0.4, -0.2) is 22.5 Å². The predicted molar refractivity (Wildman–Crippen MR) is 111 cm³/mol. The highest BCUT2D eigenvalue weighted by Gasteiger charge is 2.09. The zero-order chi connectivity index (χ0) is 20.2. The van der Waals surface area contributed by atoms with E-state index in [2.05, 4.69) is 15.3 Å². The highest BCUT2D eigenvalue weighted by atomic mass is 35.5. The van der Waals surface area contributed by atoms with Crippen molar-refractivity contribution < 1.29 is 13.9 Å². The van der Waals surface area contributed by atoms with Gasteiger partial charge in [-0.1, -0.05) is 23.7 Å². The summed E-state index contributed by atoms with van der Waals surface area (Å²) in [5.41, 5.74) is 3.93. The normalized spacial score (nSPS) is 10.8. The molecule has 29 heavy (non-hydrogen) atoms. The van der Waals surface area contributed by atoms with E-state index >= 15 is 0 Å². The van der Waals surface area contributed by atoms with Gasteiger partial charge in [-0.25, -0.2) is 4.98 Å². The van der Waals surface area contributed by atoms with Crippen LogP contribution in [0.3, 0.4) is 0 Å². The van der Waals surface area contributed by atoms with E-state index in [-0.39, 0.29) is 12.5 Å². The van der Waals surface area contributed by atoms with Crippen LogP contribution in [-0.2, 0) is 11.3 Å². The minimum atomic E-state index is -0.202. The van der Waals surface area contributed by atoms with E-state index in [9.17, 15) is 4.79 Å². The molecule has 0 fully saturated rings. The van der Waals surface area contributed by atoms with Crippen molar-refractivity contribution in [1.82, 2.24) is 15.3 Å². The number of aromatic nitrogens is 2. The standard InChI is InChI=1S/C22H18ClN3O3/c1-14-11-17(8-9-18(14)23)28-13-20(27)25-12-15-4-6-16(7-5-15)22-26-21-19(29-22)3-2-10-24-21/h2-11H,12-13H2,1H3,(H,25,27). The second-order valence-corrected chi connectivity index (χ2v) is 6.92. The molecule has 0 saturated carbocycles. The summed E-state index contributed by atoms with van der Waals surface area (Å²) < 4.78 is 11.2. The Morgan fingerprint density at radius 2 is 2.00 bits per heavy atom. The van der Waals surface area contributed by atoms with Crippen molar-refractivity contribution in [1.29, 1.82) is 0 Å². The predicted octanol–water partition coefficient (Wildman–Crippen LogP) is 4.55. The number of fused-ring (bicyclic) bond motifs is 1. The Morgan fingerprint density at radius 1 is 1.17 bits per heavy atom. The van der Waals surface area contributed by atoms with Gasteiger partial charge in [-0.15, -0.1) is 0 Å². The Bertz CT molecular complexity index is 1120. The molecule has 0 spiro atoms. The Kier molecular flexibility index (Phi) is 5.44. The van der Waals surface area contributed by atoms with Crippen LogP contribution in [0.15, 0.2) is 65.2 Å². The molecule has 4 rings (SSSR count). The largest absolute Gasteiger partial charge is 0.484 e. The van der Waals surface area contributed by atoms with Crippen LogP contribution in [0.2, 0.25) is 5.02 Å². The molecule has 1 N–H and O–H groups in total. The third-order valence-corrected chi connectivity index (χ3v) is 4.78. The van der Waals surface area contributed by atoms with E-state index in [0.29, 0.717) is 34.4 Å². The molecule has 0 saturated heterocycles. The molecule has 2 aromatic heterocycles. The maximum atomic E-state index is 12.0. The number of oxazole rings is 1. The molecule has 2 heterocycles. The van der Waals surface area contributed by atoms with Crippen LogP contribution in [0.25, 0.3) is 22.7 Å². The van der Waals surface area contributed by atoms with E-state index in [0.717, 1.165) is 16.7 Å². The molecule has 0 aliphatic carbocycles. The first-order valence-corrected chi connectivity index (χ1v) is 9.43. The van der Waals surface area contributed by atoms with Gasteiger partial charge in [0.1, 0.15) is 5.75 Å². The van der Waals surface area contributed by atoms with Crippen molar-refractivity contribution in [2.24, 2.45) is 0 Å². The van der Waals surface area contributed by atoms with E-state index in [1.807, 2.05) is 37.3 Å². The lowest BCUT2D eigenvalue weighted by Gasteiger charge is -2.09. The average Bonchev–Trinajstić information content (AvgIpc) is 3.18. The van der Waals surface area contributed by atoms with E-state index in [1.165, 1.54) is 0 Å². The quantitative estimate of drug-likeness (QED) is 0.507. The van der Waals surface area contributed by atoms with Gasteiger partial charge in [-0.2, -0.15) is 4.98 Å². The summed E-state index contributed by atoms with van der Waals surface area (Å²) in [5.74, 6) is 0.923. The van der Waals surface area contributed by atoms with Gasteiger partial charge in [0.2, 0.25) is 5.89 Å². The van der Waals surface area contributed by atoms with Crippen molar-refractivity contribution in [3.05, 3.63) is 76.9 Å². The number of nitrogens with one attached hydrogen (secondary N) is 1. The number of pyridine rings is 1. The Hall–Kier alpha value is -3.38. The molecule has 0 bridgehead atoms. The maximum absolute atomic E-state index is 12.0. The molecule has 1 amide bonds. The molecule has 0 radical (unpaired) electrons. The minimum absolute atomic E-state index is 0.0605. The highest BCUT2D eigenvalue weighted by molar-refractivity contribution is 6.31. The SMILES string of the molecule is Cc1cc(OCC(=O)NCc2ccc(-c3nc4ncccc4o3)cc2)ccc1Cl. The average molecular weight is 408 g/mol. The number of ether oxygens (including phenoxy) is 1. The van der Waals surface area contributed by atoms with Crippen molar-refractivity contribution in [3.8, 4) is 17.2 Å². The third kappa shape index (κ3) is 4.55. The number of nitrogens with zero attached hydrogens (tertiary/aromatic N) is 2. The fourth-order valence-corrected chi connectivity index (χ4v) is 2.88. The van der Waals surface area contributed by atoms with Crippen molar-refractivity contribution in [2.75, 3.05) is 6.61 Å². The lowest BCUT2D eigenvalue weighted by atomic mass is 10.1. The van der Waals surface area contributed by atoms with Gasteiger partial charge in [0, 0.05) is 23.3 Å². The lowest BCUT2D eigenvalue weighted by molar-refractivity contribution is -0.123. The van der Waals surface area contributed by atoms with Gasteiger partial charge in [0.25, 0.3) is 5.91 Å². The van der Waals surface area contributed by atoms with Crippen LogP contribution >= 0.6 is 11.6 Å². The van der Waals surface area contributed by atoms with Gasteiger partial charge >= 0.3 is 0 Å². The van der Waals surface area contributed by atoms with E-state index < -0.39 is 0 Å². The van der Waals surface area contributed by atoms with Crippen molar-refractivity contribution in [2.45, 2.75) is 13.5 Å². The summed E-state index contributed by atoms with van der Waals surface area (Å²) in [4.78, 5) is 20.6. The number of benzene rings is 2. The Balaban J connectivity index is 1.31. The first kappa shape index (κ1) is 19.0. The van der Waals surface area contributed by atoms with Crippen LogP contribution in [0.1, 0.15) is 11.1 Å². The van der Waals surface area contributed by atoms with Crippen molar-refractivity contribution in [3.63, 3.8) is 0 Å². The molecule has 6 nitrogen and oxygen atoms in total. The van der Waals surface area contributed by atoms with E-state index in [4.69, 9.17) is 20.8 Å². The monoisotopic (exact) mass is 407 g/mol. The van der Waals surface area contributed by atoms with Gasteiger partial charge < -0.3 is 14.5 Å². The van der Waals surface area contributed by atoms with Crippen LogP contribution < -0.4 is 10.1 Å². The molecule has 0 atom stereocenters. The molecule has 0 aliphatic rings. The summed E-state index contributed by atoms with van der Waals surface area (Å²) >= 11 is 5.98. The second-order valence-electron chi connectivity index (χ2n) is 6.52. The van der Waals surface area contributed by atoms with Crippen LogP contribution in [0.4, 0.5) is 0 Å². The number of hydrogen-bond donors (Lipinski definition) is 1. The van der Waals surface area contributed by atoms with E-state index in [1.54, 1.807) is 30.5 Å². The van der Waals surface area contributed by atoms with Crippen LogP contribution in [0, 0.1) is 6.92 Å². The number of hydrogen-bond acceptors (Lipinski definition) is 5. The molecule has 146 valence electrons. The van der Waals surface area contributed by atoms with Gasteiger partial charge in [-0.3, -0.25) is 4.79 Å². The second kappa shape index (κ2) is 8.32. The minimum Gasteiger partial charge on any atom is -0.484 e. The summed E-state index contributed by atoms with van der Waals surface area (Å²) in [5, 5.41) is 3.50. The summed E-state index contributed by atoms with van der Waals surface area (Å²) in [7, 11) is 0. The summed E-state index contributed by atoms with van der Waals surface area (Å²) in [6.07, 6.45) is 1.68. The van der Waals surface area contributed by atoms with Crippen LogP contribution in [0.5, 0.6) is 5.75 Å². The lowest BCUT2D eigenvalue weighted by Crippen LogP contribution is -2.28. The zero-order valence-electron chi connectivity index (χ0n) is 15.7. The number of carbonyl (C=O) groups excluding carboxylic acids is 1. The number of rotatable bonds is 6. The Morgan fingerprint density at radius 3 is 2.76 bits per heavy atom. The smallest absolute Gasteiger partial charge is 0.258 e. The molecule has 0 unspecified atom stereocenters. The van der Waals surface area contributed by atoms with Crippen molar-refractivity contribution >= 4 is 28.7 Å². The number of halogens is 1.